The van der Waals surface area contributed by atoms with Gasteiger partial charge in [-0.2, -0.15) is 0 Å². The van der Waals surface area contributed by atoms with Crippen LogP contribution in [0.1, 0.15) is 47.0 Å². The van der Waals surface area contributed by atoms with Crippen LogP contribution < -0.4 is 10.6 Å². The molecule has 0 aromatic carbocycles. The van der Waals surface area contributed by atoms with Crippen molar-refractivity contribution in [2.45, 2.75) is 53.0 Å². The van der Waals surface area contributed by atoms with Crippen LogP contribution in [0, 0.1) is 11.8 Å². The Kier molecular flexibility index (Phi) is 7.97. The number of rotatable bonds is 6. The number of likely N-dealkylation sites (tertiary alicyclic amines) is 1. The van der Waals surface area contributed by atoms with Crippen LogP contribution in [-0.4, -0.2) is 50.1 Å². The van der Waals surface area contributed by atoms with Gasteiger partial charge in [0.2, 0.25) is 0 Å². The van der Waals surface area contributed by atoms with Gasteiger partial charge in [0.05, 0.1) is 0 Å². The second kappa shape index (κ2) is 9.22. The maximum atomic E-state index is 4.31. The van der Waals surface area contributed by atoms with E-state index in [4.69, 9.17) is 0 Å². The second-order valence-electron chi connectivity index (χ2n) is 6.57. The molecular formula is C16H34N4. The minimum Gasteiger partial charge on any atom is -0.356 e. The SMILES string of the molecule is CCC(C)NC(=NC)NCC1CCCN(CC(C)C)C1. The monoisotopic (exact) mass is 282 g/mol. The summed E-state index contributed by atoms with van der Waals surface area (Å²) < 4.78 is 0. The zero-order chi connectivity index (χ0) is 15.0. The van der Waals surface area contributed by atoms with Crippen LogP contribution in [0.2, 0.25) is 0 Å². The van der Waals surface area contributed by atoms with Gasteiger partial charge in [0.25, 0.3) is 0 Å². The average molecular weight is 282 g/mol. The third-order valence-electron chi connectivity index (χ3n) is 4.00. The van der Waals surface area contributed by atoms with Gasteiger partial charge in [-0.15, -0.1) is 0 Å². The molecule has 0 aliphatic carbocycles. The van der Waals surface area contributed by atoms with E-state index in [1.54, 1.807) is 0 Å². The highest BCUT2D eigenvalue weighted by Crippen LogP contribution is 2.16. The second-order valence-corrected chi connectivity index (χ2v) is 6.57. The van der Waals surface area contributed by atoms with Crippen LogP contribution in [0.15, 0.2) is 4.99 Å². The molecule has 1 aliphatic rings. The van der Waals surface area contributed by atoms with Crippen LogP contribution >= 0.6 is 0 Å². The average Bonchev–Trinajstić information content (AvgIpc) is 2.42. The molecule has 2 N–H and O–H groups in total. The Hall–Kier alpha value is -0.770. The van der Waals surface area contributed by atoms with Crippen LogP contribution in [-0.2, 0) is 0 Å². The van der Waals surface area contributed by atoms with Gasteiger partial charge in [0, 0.05) is 32.7 Å². The van der Waals surface area contributed by atoms with Crippen molar-refractivity contribution < 1.29 is 0 Å². The Morgan fingerprint density at radius 3 is 2.70 bits per heavy atom. The van der Waals surface area contributed by atoms with Crippen molar-refractivity contribution in [1.82, 2.24) is 15.5 Å². The summed E-state index contributed by atoms with van der Waals surface area (Å²) in [6, 6.07) is 0.477. The molecule has 20 heavy (non-hydrogen) atoms. The minimum atomic E-state index is 0.477. The van der Waals surface area contributed by atoms with Gasteiger partial charge in [-0.3, -0.25) is 4.99 Å². The smallest absolute Gasteiger partial charge is 0.191 e. The number of nitrogens with zero attached hydrogens (tertiary/aromatic N) is 2. The normalized spacial score (nSPS) is 22.9. The van der Waals surface area contributed by atoms with Crippen LogP contribution in [0.25, 0.3) is 0 Å². The lowest BCUT2D eigenvalue weighted by Gasteiger charge is -2.34. The molecule has 0 amide bonds. The predicted molar refractivity (Wildman–Crippen MR) is 88.3 cm³/mol. The molecule has 0 aromatic rings. The summed E-state index contributed by atoms with van der Waals surface area (Å²) >= 11 is 0. The van der Waals surface area contributed by atoms with Gasteiger partial charge in [0.1, 0.15) is 0 Å². The summed E-state index contributed by atoms with van der Waals surface area (Å²) in [5.41, 5.74) is 0. The molecule has 0 saturated carbocycles. The summed E-state index contributed by atoms with van der Waals surface area (Å²) in [7, 11) is 1.85. The molecule has 1 heterocycles. The number of nitrogens with one attached hydrogen (secondary N) is 2. The van der Waals surface area contributed by atoms with Crippen molar-refractivity contribution >= 4 is 5.96 Å². The first-order valence-electron chi connectivity index (χ1n) is 8.24. The molecule has 2 atom stereocenters. The van der Waals surface area contributed by atoms with Crippen molar-refractivity contribution in [2.24, 2.45) is 16.8 Å². The molecule has 118 valence electrons. The Bertz CT molecular complexity index is 288. The minimum absolute atomic E-state index is 0.477. The summed E-state index contributed by atoms with van der Waals surface area (Å²) in [5.74, 6) is 2.46. The highest BCUT2D eigenvalue weighted by atomic mass is 15.2. The quantitative estimate of drug-likeness (QED) is 0.580. The fourth-order valence-corrected chi connectivity index (χ4v) is 2.77. The van der Waals surface area contributed by atoms with E-state index >= 15 is 0 Å². The molecule has 4 nitrogen and oxygen atoms in total. The van der Waals surface area contributed by atoms with Gasteiger partial charge in [-0.1, -0.05) is 20.8 Å². The van der Waals surface area contributed by atoms with E-state index in [0.29, 0.717) is 6.04 Å². The van der Waals surface area contributed by atoms with E-state index in [2.05, 4.69) is 48.2 Å². The van der Waals surface area contributed by atoms with E-state index in [-0.39, 0.29) is 0 Å². The van der Waals surface area contributed by atoms with Crippen molar-refractivity contribution in [3.63, 3.8) is 0 Å². The molecule has 1 aliphatic heterocycles. The topological polar surface area (TPSA) is 39.7 Å². The number of aliphatic imine (C=N–C) groups is 1. The van der Waals surface area contributed by atoms with Gasteiger partial charge in [-0.25, -0.2) is 0 Å². The zero-order valence-corrected chi connectivity index (χ0v) is 14.1. The lowest BCUT2D eigenvalue weighted by molar-refractivity contribution is 0.159. The number of guanidine groups is 1. The molecule has 2 unspecified atom stereocenters. The molecule has 4 heteroatoms. The number of hydrogen-bond acceptors (Lipinski definition) is 2. The van der Waals surface area contributed by atoms with Gasteiger partial charge < -0.3 is 15.5 Å². The molecule has 1 saturated heterocycles. The first-order chi connectivity index (χ1) is 9.55. The van der Waals surface area contributed by atoms with Gasteiger partial charge in [-0.05, 0) is 44.6 Å². The Morgan fingerprint density at radius 1 is 1.35 bits per heavy atom. The van der Waals surface area contributed by atoms with E-state index in [1.165, 1.54) is 32.5 Å². The van der Waals surface area contributed by atoms with Crippen molar-refractivity contribution in [3.05, 3.63) is 0 Å². The van der Waals surface area contributed by atoms with E-state index in [0.717, 1.165) is 30.8 Å². The zero-order valence-electron chi connectivity index (χ0n) is 14.1. The molecule has 0 spiro atoms. The highest BCUT2D eigenvalue weighted by molar-refractivity contribution is 5.79. The fraction of sp³-hybridized carbons (Fsp3) is 0.938. The molecule has 0 radical (unpaired) electrons. The third-order valence-corrected chi connectivity index (χ3v) is 4.00. The Balaban J connectivity index is 2.32. The summed E-state index contributed by atoms with van der Waals surface area (Å²) in [4.78, 5) is 6.93. The number of piperidine rings is 1. The maximum absolute atomic E-state index is 4.31. The largest absolute Gasteiger partial charge is 0.356 e. The lowest BCUT2D eigenvalue weighted by atomic mass is 9.97. The van der Waals surface area contributed by atoms with Crippen LogP contribution in [0.4, 0.5) is 0 Å². The Morgan fingerprint density at radius 2 is 2.10 bits per heavy atom. The molecule has 0 aromatic heterocycles. The first-order valence-corrected chi connectivity index (χ1v) is 8.24. The third kappa shape index (κ3) is 6.60. The van der Waals surface area contributed by atoms with E-state index < -0.39 is 0 Å². The Labute approximate surface area is 125 Å². The molecule has 0 bridgehead atoms. The fourth-order valence-electron chi connectivity index (χ4n) is 2.77. The van der Waals surface area contributed by atoms with E-state index in [9.17, 15) is 0 Å². The van der Waals surface area contributed by atoms with Gasteiger partial charge in [0.15, 0.2) is 5.96 Å². The number of hydrogen-bond donors (Lipinski definition) is 2. The first kappa shape index (κ1) is 17.3. The lowest BCUT2D eigenvalue weighted by Crippen LogP contribution is -2.46. The predicted octanol–water partition coefficient (Wildman–Crippen LogP) is 2.32. The molecular weight excluding hydrogens is 248 g/mol. The van der Waals surface area contributed by atoms with E-state index in [1.807, 2.05) is 7.05 Å². The van der Waals surface area contributed by atoms with Crippen molar-refractivity contribution in [1.29, 1.82) is 0 Å². The maximum Gasteiger partial charge on any atom is 0.191 e. The van der Waals surface area contributed by atoms with Gasteiger partial charge >= 0.3 is 0 Å². The van der Waals surface area contributed by atoms with Crippen LogP contribution in [0.5, 0.6) is 0 Å². The standard InChI is InChI=1S/C16H34N4/c1-6-14(4)19-16(17-5)18-10-15-8-7-9-20(12-15)11-13(2)3/h13-15H,6-12H2,1-5H3,(H2,17,18,19). The molecule has 1 fully saturated rings. The van der Waals surface area contributed by atoms with Crippen molar-refractivity contribution in [2.75, 3.05) is 33.2 Å². The summed E-state index contributed by atoms with van der Waals surface area (Å²) in [5, 5.41) is 6.92. The molecule has 1 rings (SSSR count). The van der Waals surface area contributed by atoms with Crippen molar-refractivity contribution in [3.8, 4) is 0 Å². The highest BCUT2D eigenvalue weighted by Gasteiger charge is 2.20. The summed E-state index contributed by atoms with van der Waals surface area (Å²) in [6.45, 7) is 13.8. The summed E-state index contributed by atoms with van der Waals surface area (Å²) in [6.07, 6.45) is 3.78. The van der Waals surface area contributed by atoms with Crippen LogP contribution in [0.3, 0.4) is 0 Å².